The van der Waals surface area contributed by atoms with E-state index in [9.17, 15) is 9.59 Å². The van der Waals surface area contributed by atoms with E-state index < -0.39 is 0 Å². The summed E-state index contributed by atoms with van der Waals surface area (Å²) in [7, 11) is 0. The Morgan fingerprint density at radius 2 is 2.00 bits per heavy atom. The summed E-state index contributed by atoms with van der Waals surface area (Å²) in [4.78, 5) is 33.3. The highest BCUT2D eigenvalue weighted by Crippen LogP contribution is 2.21. The number of aromatic nitrogens is 2. The molecule has 1 amide bonds. The largest absolute Gasteiger partial charge is 0.371 e. The van der Waals surface area contributed by atoms with Crippen molar-refractivity contribution in [2.24, 2.45) is 0 Å². The highest BCUT2D eigenvalue weighted by atomic mass is 32.2. The zero-order valence-electron chi connectivity index (χ0n) is 15.1. The molecular weight excluding hydrogens is 348 g/mol. The minimum absolute atomic E-state index is 0.0164. The van der Waals surface area contributed by atoms with E-state index in [1.54, 1.807) is 6.92 Å². The first-order valence-corrected chi connectivity index (χ1v) is 9.74. The van der Waals surface area contributed by atoms with Gasteiger partial charge in [0.15, 0.2) is 5.16 Å². The van der Waals surface area contributed by atoms with E-state index in [0.717, 1.165) is 25.9 Å². The minimum atomic E-state index is -0.313. The van der Waals surface area contributed by atoms with Gasteiger partial charge in [-0.25, -0.2) is 4.98 Å². The number of amides is 1. The summed E-state index contributed by atoms with van der Waals surface area (Å²) in [5.41, 5.74) is 1.69. The maximum Gasteiger partial charge on any atom is 0.251 e. The van der Waals surface area contributed by atoms with E-state index in [1.165, 1.54) is 23.5 Å². The standard InChI is InChI=1S/C19H24N4O2S/c1-13-12-17(24)22-19(20-13)26-14(2)18(25)21-15-8-10-23(11-9-15)16-6-4-3-5-7-16/h3-7,12,14-15H,8-11H2,1-2H3,(H,21,25)(H,20,22,24)/t14-/m0/s1. The third kappa shape index (κ3) is 4.88. The van der Waals surface area contributed by atoms with Crippen LogP contribution in [0.15, 0.2) is 46.3 Å². The zero-order valence-corrected chi connectivity index (χ0v) is 15.9. The summed E-state index contributed by atoms with van der Waals surface area (Å²) in [6.45, 7) is 5.47. The molecule has 1 aromatic heterocycles. The predicted octanol–water partition coefficient (Wildman–Crippen LogP) is 2.34. The number of thioether (sulfide) groups is 1. The normalized spacial score (nSPS) is 16.3. The smallest absolute Gasteiger partial charge is 0.251 e. The second-order valence-corrected chi connectivity index (χ2v) is 7.89. The number of nitrogens with zero attached hydrogens (tertiary/aromatic N) is 2. The van der Waals surface area contributed by atoms with Gasteiger partial charge in [-0.1, -0.05) is 30.0 Å². The fraction of sp³-hybridized carbons (Fsp3) is 0.421. The maximum absolute atomic E-state index is 12.5. The topological polar surface area (TPSA) is 78.1 Å². The van der Waals surface area contributed by atoms with Crippen molar-refractivity contribution >= 4 is 23.4 Å². The summed E-state index contributed by atoms with van der Waals surface area (Å²) in [6, 6.07) is 12.0. The molecule has 1 saturated heterocycles. The lowest BCUT2D eigenvalue weighted by atomic mass is 10.0. The van der Waals surface area contributed by atoms with Gasteiger partial charge in [-0.15, -0.1) is 0 Å². The van der Waals surface area contributed by atoms with Gasteiger partial charge in [0.25, 0.3) is 5.56 Å². The number of anilines is 1. The molecule has 6 nitrogen and oxygen atoms in total. The van der Waals surface area contributed by atoms with Crippen molar-refractivity contribution in [2.75, 3.05) is 18.0 Å². The van der Waals surface area contributed by atoms with Crippen molar-refractivity contribution in [1.82, 2.24) is 15.3 Å². The molecule has 138 valence electrons. The van der Waals surface area contributed by atoms with Crippen LogP contribution in [-0.4, -0.2) is 40.3 Å². The molecule has 7 heteroatoms. The average Bonchev–Trinajstić information content (AvgIpc) is 2.62. The van der Waals surface area contributed by atoms with Crippen LogP contribution in [0.5, 0.6) is 0 Å². The van der Waals surface area contributed by atoms with Crippen LogP contribution in [-0.2, 0) is 4.79 Å². The summed E-state index contributed by atoms with van der Waals surface area (Å²) < 4.78 is 0. The SMILES string of the molecule is Cc1cc(=O)[nH]c(S[C@@H](C)C(=O)NC2CCN(c3ccccc3)CC2)n1. The van der Waals surface area contributed by atoms with Gasteiger partial charge in [0.2, 0.25) is 5.91 Å². The molecule has 0 unspecified atom stereocenters. The van der Waals surface area contributed by atoms with Crippen LogP contribution in [0.25, 0.3) is 0 Å². The van der Waals surface area contributed by atoms with Gasteiger partial charge < -0.3 is 15.2 Å². The number of hydrogen-bond donors (Lipinski definition) is 2. The number of para-hydroxylation sites is 1. The van der Waals surface area contributed by atoms with Crippen molar-refractivity contribution in [3.05, 3.63) is 52.4 Å². The molecule has 0 saturated carbocycles. The molecule has 2 heterocycles. The summed E-state index contributed by atoms with van der Waals surface area (Å²) in [5.74, 6) is -0.0164. The molecule has 0 spiro atoms. The Balaban J connectivity index is 1.50. The lowest BCUT2D eigenvalue weighted by Crippen LogP contribution is -2.46. The Morgan fingerprint density at radius 3 is 2.65 bits per heavy atom. The Hall–Kier alpha value is -2.28. The fourth-order valence-corrected chi connectivity index (χ4v) is 3.93. The molecule has 3 rings (SSSR count). The van der Waals surface area contributed by atoms with Gasteiger partial charge in [-0.2, -0.15) is 0 Å². The molecule has 0 radical (unpaired) electrons. The fourth-order valence-electron chi connectivity index (χ4n) is 3.07. The molecule has 2 aromatic rings. The van der Waals surface area contributed by atoms with Crippen LogP contribution < -0.4 is 15.8 Å². The zero-order chi connectivity index (χ0) is 18.5. The average molecular weight is 372 g/mol. The van der Waals surface area contributed by atoms with Gasteiger partial charge in [-0.3, -0.25) is 9.59 Å². The van der Waals surface area contributed by atoms with Crippen LogP contribution in [0.4, 0.5) is 5.69 Å². The van der Waals surface area contributed by atoms with Crippen molar-refractivity contribution in [1.29, 1.82) is 0 Å². The van der Waals surface area contributed by atoms with Crippen molar-refractivity contribution in [2.45, 2.75) is 43.1 Å². The Morgan fingerprint density at radius 1 is 1.31 bits per heavy atom. The molecule has 1 aliphatic rings. The lowest BCUT2D eigenvalue weighted by molar-refractivity contribution is -0.121. The first kappa shape index (κ1) is 18.5. The summed E-state index contributed by atoms with van der Waals surface area (Å²) >= 11 is 1.28. The van der Waals surface area contributed by atoms with Crippen LogP contribution >= 0.6 is 11.8 Å². The third-order valence-corrected chi connectivity index (χ3v) is 5.45. The number of hydrogen-bond acceptors (Lipinski definition) is 5. The van der Waals surface area contributed by atoms with Gasteiger partial charge in [0.05, 0.1) is 5.25 Å². The molecule has 1 atom stereocenters. The van der Waals surface area contributed by atoms with E-state index in [2.05, 4.69) is 32.3 Å². The molecule has 0 bridgehead atoms. The van der Waals surface area contributed by atoms with Gasteiger partial charge in [0.1, 0.15) is 0 Å². The Labute approximate surface area is 157 Å². The molecular formula is C19H24N4O2S. The highest BCUT2D eigenvalue weighted by Gasteiger charge is 2.23. The van der Waals surface area contributed by atoms with Crippen LogP contribution in [0.1, 0.15) is 25.5 Å². The highest BCUT2D eigenvalue weighted by molar-refractivity contribution is 8.00. The first-order valence-electron chi connectivity index (χ1n) is 8.86. The maximum atomic E-state index is 12.5. The summed E-state index contributed by atoms with van der Waals surface area (Å²) in [6.07, 6.45) is 1.86. The molecule has 1 aromatic carbocycles. The Kier molecular flexibility index (Phi) is 5.98. The number of piperidine rings is 1. The van der Waals surface area contributed by atoms with Gasteiger partial charge >= 0.3 is 0 Å². The first-order chi connectivity index (χ1) is 12.5. The number of rotatable bonds is 5. The van der Waals surface area contributed by atoms with Crippen molar-refractivity contribution < 1.29 is 4.79 Å². The molecule has 26 heavy (non-hydrogen) atoms. The number of aromatic amines is 1. The van der Waals surface area contributed by atoms with Crippen LogP contribution in [0.3, 0.4) is 0 Å². The van der Waals surface area contributed by atoms with Crippen molar-refractivity contribution in [3.8, 4) is 0 Å². The monoisotopic (exact) mass is 372 g/mol. The number of H-pyrrole nitrogens is 1. The number of nitrogens with one attached hydrogen (secondary N) is 2. The molecule has 1 fully saturated rings. The molecule has 0 aliphatic carbocycles. The van der Waals surface area contributed by atoms with E-state index in [4.69, 9.17) is 0 Å². The molecule has 2 N–H and O–H groups in total. The van der Waals surface area contributed by atoms with Gasteiger partial charge in [-0.05, 0) is 38.8 Å². The van der Waals surface area contributed by atoms with E-state index >= 15 is 0 Å². The number of aryl methyl sites for hydroxylation is 1. The predicted molar refractivity (Wildman–Crippen MR) is 105 cm³/mol. The quantitative estimate of drug-likeness (QED) is 0.622. The third-order valence-electron chi connectivity index (χ3n) is 4.47. The number of carbonyl (C=O) groups is 1. The second kappa shape index (κ2) is 8.40. The number of carbonyl (C=O) groups excluding carboxylic acids is 1. The Bertz CT molecular complexity index is 801. The minimum Gasteiger partial charge on any atom is -0.371 e. The van der Waals surface area contributed by atoms with Gasteiger partial charge in [0, 0.05) is 36.6 Å². The van der Waals surface area contributed by atoms with Crippen LogP contribution in [0.2, 0.25) is 0 Å². The number of benzene rings is 1. The van der Waals surface area contributed by atoms with E-state index in [1.807, 2.05) is 25.1 Å². The second-order valence-electron chi connectivity index (χ2n) is 6.56. The van der Waals surface area contributed by atoms with E-state index in [-0.39, 0.29) is 22.8 Å². The van der Waals surface area contributed by atoms with Crippen LogP contribution in [0, 0.1) is 6.92 Å². The summed E-state index contributed by atoms with van der Waals surface area (Å²) in [5, 5.41) is 3.30. The molecule has 1 aliphatic heterocycles. The lowest BCUT2D eigenvalue weighted by Gasteiger charge is -2.34. The van der Waals surface area contributed by atoms with E-state index in [0.29, 0.717) is 10.9 Å². The van der Waals surface area contributed by atoms with Crippen molar-refractivity contribution in [3.63, 3.8) is 0 Å².